The molecule has 0 spiro atoms. The van der Waals surface area contributed by atoms with Crippen LogP contribution in [0.1, 0.15) is 24.0 Å². The van der Waals surface area contributed by atoms with Crippen LogP contribution in [-0.4, -0.2) is 15.0 Å². The molecule has 0 aromatic heterocycles. The van der Waals surface area contributed by atoms with E-state index >= 15 is 0 Å². The fourth-order valence-corrected chi connectivity index (χ4v) is 3.87. The van der Waals surface area contributed by atoms with Crippen molar-refractivity contribution in [1.82, 2.24) is 4.72 Å². The highest BCUT2D eigenvalue weighted by molar-refractivity contribution is 7.88. The molecule has 0 aliphatic carbocycles. The van der Waals surface area contributed by atoms with Crippen molar-refractivity contribution in [3.63, 3.8) is 0 Å². The Kier molecular flexibility index (Phi) is 5.87. The summed E-state index contributed by atoms with van der Waals surface area (Å²) in [4.78, 5) is 0. The summed E-state index contributed by atoms with van der Waals surface area (Å²) in [5.41, 5.74) is 1.63. The fourth-order valence-electron chi connectivity index (χ4n) is 2.05. The van der Waals surface area contributed by atoms with Gasteiger partial charge in [0.15, 0.2) is 0 Å². The average molecular weight is 358 g/mol. The first-order valence-electron chi connectivity index (χ1n) is 6.83. The van der Waals surface area contributed by atoms with E-state index in [1.165, 1.54) is 0 Å². The maximum Gasteiger partial charge on any atom is 0.215 e. The standard InChI is InChI=1S/C16H17Cl2NO2S/c1-12(13-5-3-2-4-6-13)10-19-22(20,21)11-14-7-8-15(17)9-16(14)18/h2-9,12,19H,10-11H2,1H3. The molecule has 118 valence electrons. The van der Waals surface area contributed by atoms with Gasteiger partial charge >= 0.3 is 0 Å². The zero-order chi connectivity index (χ0) is 16.2. The maximum atomic E-state index is 12.2. The quantitative estimate of drug-likeness (QED) is 0.841. The smallest absolute Gasteiger partial charge is 0.214 e. The Morgan fingerprint density at radius 2 is 1.77 bits per heavy atom. The maximum absolute atomic E-state index is 12.2. The van der Waals surface area contributed by atoms with Crippen molar-refractivity contribution in [3.8, 4) is 0 Å². The topological polar surface area (TPSA) is 46.2 Å². The monoisotopic (exact) mass is 357 g/mol. The van der Waals surface area contributed by atoms with Gasteiger partial charge in [-0.3, -0.25) is 0 Å². The van der Waals surface area contributed by atoms with Crippen LogP contribution in [0.15, 0.2) is 48.5 Å². The van der Waals surface area contributed by atoms with Gasteiger partial charge < -0.3 is 0 Å². The van der Waals surface area contributed by atoms with Gasteiger partial charge in [-0.15, -0.1) is 0 Å². The molecule has 0 bridgehead atoms. The van der Waals surface area contributed by atoms with Gasteiger partial charge in [-0.05, 0) is 29.2 Å². The van der Waals surface area contributed by atoms with Crippen molar-refractivity contribution in [2.45, 2.75) is 18.6 Å². The number of sulfonamides is 1. The molecule has 0 radical (unpaired) electrons. The highest BCUT2D eigenvalue weighted by Crippen LogP contribution is 2.22. The molecule has 0 aliphatic rings. The third-order valence-corrected chi connectivity index (χ3v) is 5.22. The second kappa shape index (κ2) is 7.47. The molecule has 1 N–H and O–H groups in total. The Labute approximate surface area is 141 Å². The molecular formula is C16H17Cl2NO2S. The summed E-state index contributed by atoms with van der Waals surface area (Å²) in [5.74, 6) is -0.0681. The van der Waals surface area contributed by atoms with Gasteiger partial charge in [0.1, 0.15) is 0 Å². The SMILES string of the molecule is CC(CNS(=O)(=O)Cc1ccc(Cl)cc1Cl)c1ccccc1. The van der Waals surface area contributed by atoms with Gasteiger partial charge in [-0.2, -0.15) is 0 Å². The number of hydrogen-bond donors (Lipinski definition) is 1. The first-order chi connectivity index (χ1) is 10.4. The summed E-state index contributed by atoms with van der Waals surface area (Å²) in [6.07, 6.45) is 0. The summed E-state index contributed by atoms with van der Waals surface area (Å²) in [6.45, 7) is 2.32. The molecule has 0 aliphatic heterocycles. The van der Waals surface area contributed by atoms with E-state index in [9.17, 15) is 8.42 Å². The summed E-state index contributed by atoms with van der Waals surface area (Å²) in [6, 6.07) is 14.6. The third-order valence-electron chi connectivity index (χ3n) is 3.34. The Bertz CT molecular complexity index is 733. The number of hydrogen-bond acceptors (Lipinski definition) is 2. The van der Waals surface area contributed by atoms with E-state index in [2.05, 4.69) is 4.72 Å². The molecule has 22 heavy (non-hydrogen) atoms. The lowest BCUT2D eigenvalue weighted by Gasteiger charge is -2.14. The van der Waals surface area contributed by atoms with Crippen molar-refractivity contribution >= 4 is 33.2 Å². The van der Waals surface area contributed by atoms with E-state index in [1.54, 1.807) is 18.2 Å². The Morgan fingerprint density at radius 3 is 2.41 bits per heavy atom. The zero-order valence-electron chi connectivity index (χ0n) is 12.1. The van der Waals surface area contributed by atoms with Gasteiger partial charge in [0.25, 0.3) is 0 Å². The van der Waals surface area contributed by atoms with E-state index in [-0.39, 0.29) is 11.7 Å². The van der Waals surface area contributed by atoms with Crippen LogP contribution in [0, 0.1) is 0 Å². The molecular weight excluding hydrogens is 341 g/mol. The highest BCUT2D eigenvalue weighted by Gasteiger charge is 2.16. The number of nitrogens with one attached hydrogen (secondary N) is 1. The average Bonchev–Trinajstić information content (AvgIpc) is 2.49. The lowest BCUT2D eigenvalue weighted by molar-refractivity contribution is 0.574. The molecule has 0 heterocycles. The minimum absolute atomic E-state index is 0.0941. The third kappa shape index (κ3) is 4.99. The van der Waals surface area contributed by atoms with Crippen LogP contribution in [0.3, 0.4) is 0 Å². The van der Waals surface area contributed by atoms with Gasteiger partial charge in [-0.1, -0.05) is 66.5 Å². The summed E-state index contributed by atoms with van der Waals surface area (Å²) in [7, 11) is -3.45. The molecule has 1 unspecified atom stereocenters. The summed E-state index contributed by atoms with van der Waals surface area (Å²) < 4.78 is 27.0. The zero-order valence-corrected chi connectivity index (χ0v) is 14.4. The largest absolute Gasteiger partial charge is 0.215 e. The van der Waals surface area contributed by atoms with E-state index < -0.39 is 10.0 Å². The molecule has 2 aromatic rings. The van der Waals surface area contributed by atoms with Crippen molar-refractivity contribution in [3.05, 3.63) is 69.7 Å². The van der Waals surface area contributed by atoms with Crippen molar-refractivity contribution in [1.29, 1.82) is 0 Å². The molecule has 2 aromatic carbocycles. The molecule has 2 rings (SSSR count). The van der Waals surface area contributed by atoms with Crippen LogP contribution in [0.5, 0.6) is 0 Å². The molecule has 6 heteroatoms. The van der Waals surface area contributed by atoms with E-state index in [4.69, 9.17) is 23.2 Å². The molecule has 0 amide bonds. The molecule has 0 saturated carbocycles. The van der Waals surface area contributed by atoms with Gasteiger partial charge in [0.2, 0.25) is 10.0 Å². The predicted molar refractivity (Wildman–Crippen MR) is 91.9 cm³/mol. The molecule has 0 saturated heterocycles. The second-order valence-corrected chi connectivity index (χ2v) is 7.81. The van der Waals surface area contributed by atoms with Crippen LogP contribution in [0.25, 0.3) is 0 Å². The Hall–Kier alpha value is -1.07. The van der Waals surface area contributed by atoms with E-state index in [1.807, 2.05) is 37.3 Å². The van der Waals surface area contributed by atoms with Crippen LogP contribution in [0.4, 0.5) is 0 Å². The van der Waals surface area contributed by atoms with E-state index in [0.717, 1.165) is 5.56 Å². The minimum Gasteiger partial charge on any atom is -0.214 e. The summed E-state index contributed by atoms with van der Waals surface area (Å²) in [5, 5.41) is 0.839. The van der Waals surface area contributed by atoms with Crippen LogP contribution < -0.4 is 4.72 Å². The number of halogens is 2. The van der Waals surface area contributed by atoms with E-state index in [0.29, 0.717) is 22.2 Å². The molecule has 1 atom stereocenters. The van der Waals surface area contributed by atoms with Crippen LogP contribution >= 0.6 is 23.2 Å². The van der Waals surface area contributed by atoms with Crippen molar-refractivity contribution < 1.29 is 8.42 Å². The molecule has 3 nitrogen and oxygen atoms in total. The second-order valence-electron chi connectivity index (χ2n) is 5.16. The Balaban J connectivity index is 1.99. The lowest BCUT2D eigenvalue weighted by Crippen LogP contribution is -2.29. The van der Waals surface area contributed by atoms with Crippen LogP contribution in [-0.2, 0) is 15.8 Å². The van der Waals surface area contributed by atoms with Gasteiger partial charge in [-0.25, -0.2) is 13.1 Å². The molecule has 0 fully saturated rings. The fraction of sp³-hybridized carbons (Fsp3) is 0.250. The van der Waals surface area contributed by atoms with Gasteiger partial charge in [0, 0.05) is 16.6 Å². The van der Waals surface area contributed by atoms with Crippen molar-refractivity contribution in [2.24, 2.45) is 0 Å². The number of benzene rings is 2. The predicted octanol–water partition coefficient (Wildman–Crippen LogP) is 4.22. The first-order valence-corrected chi connectivity index (χ1v) is 9.24. The Morgan fingerprint density at radius 1 is 1.09 bits per heavy atom. The van der Waals surface area contributed by atoms with Crippen molar-refractivity contribution in [2.75, 3.05) is 6.54 Å². The lowest BCUT2D eigenvalue weighted by atomic mass is 10.0. The highest BCUT2D eigenvalue weighted by atomic mass is 35.5. The normalized spacial score (nSPS) is 13.0. The van der Waals surface area contributed by atoms with Gasteiger partial charge in [0.05, 0.1) is 5.75 Å². The number of rotatable bonds is 6. The minimum atomic E-state index is -3.45. The first kappa shape index (κ1) is 17.3. The summed E-state index contributed by atoms with van der Waals surface area (Å²) >= 11 is 11.8. The van der Waals surface area contributed by atoms with Crippen LogP contribution in [0.2, 0.25) is 10.0 Å².